The van der Waals surface area contributed by atoms with Crippen LogP contribution in [0.4, 0.5) is 0 Å². The topological polar surface area (TPSA) is 29.1 Å². The number of hydrogen-bond acceptors (Lipinski definition) is 1. The van der Waals surface area contributed by atoms with Gasteiger partial charge >= 0.3 is 0 Å². The van der Waals surface area contributed by atoms with Crippen molar-refractivity contribution < 1.29 is 4.79 Å². The van der Waals surface area contributed by atoms with Crippen molar-refractivity contribution in [3.8, 4) is 0 Å². The van der Waals surface area contributed by atoms with Crippen LogP contribution in [0.1, 0.15) is 47.1 Å². The highest BCUT2D eigenvalue weighted by atomic mass is 35.5. The van der Waals surface area contributed by atoms with Crippen molar-refractivity contribution in [2.24, 2.45) is 5.92 Å². The van der Waals surface area contributed by atoms with Crippen molar-refractivity contribution in [3.63, 3.8) is 0 Å². The Bertz CT molecular complexity index is 428. The van der Waals surface area contributed by atoms with E-state index >= 15 is 0 Å². The van der Waals surface area contributed by atoms with E-state index in [4.69, 9.17) is 11.6 Å². The lowest BCUT2D eigenvalue weighted by atomic mass is 9.96. The number of benzene rings is 1. The number of carbonyl (C=O) groups excluding carboxylic acids is 1. The molecule has 17 heavy (non-hydrogen) atoms. The predicted octanol–water partition coefficient (Wildman–Crippen LogP) is 3.30. The van der Waals surface area contributed by atoms with E-state index < -0.39 is 0 Å². The molecule has 1 atom stereocenters. The maximum Gasteiger partial charge on any atom is 0.251 e. The first-order valence-electron chi connectivity index (χ1n) is 6.14. The molecule has 0 radical (unpaired) electrons. The monoisotopic (exact) mass is 251 g/mol. The summed E-state index contributed by atoms with van der Waals surface area (Å²) in [6.45, 7) is 4.93. The van der Waals surface area contributed by atoms with Crippen LogP contribution in [0.25, 0.3) is 0 Å². The highest BCUT2D eigenvalue weighted by molar-refractivity contribution is 6.21. The zero-order chi connectivity index (χ0) is 12.4. The molecule has 1 unspecified atom stereocenters. The molecule has 2 nitrogen and oxygen atoms in total. The molecule has 1 aromatic carbocycles. The number of aryl methyl sites for hydroxylation is 1. The smallest absolute Gasteiger partial charge is 0.251 e. The second-order valence-corrected chi connectivity index (χ2v) is 5.39. The number of amides is 1. The zero-order valence-corrected chi connectivity index (χ0v) is 11.1. The van der Waals surface area contributed by atoms with Gasteiger partial charge in [0, 0.05) is 12.1 Å². The third kappa shape index (κ3) is 2.63. The summed E-state index contributed by atoms with van der Waals surface area (Å²) in [5.74, 6) is 0.399. The van der Waals surface area contributed by atoms with Gasteiger partial charge in [-0.15, -0.1) is 11.6 Å². The van der Waals surface area contributed by atoms with Gasteiger partial charge in [-0.1, -0.05) is 26.0 Å². The summed E-state index contributed by atoms with van der Waals surface area (Å²) >= 11 is 6.34. The molecule has 0 saturated carbocycles. The average Bonchev–Trinajstić information content (AvgIpc) is 2.50. The van der Waals surface area contributed by atoms with Crippen molar-refractivity contribution in [1.29, 1.82) is 0 Å². The first-order chi connectivity index (χ1) is 8.09. The van der Waals surface area contributed by atoms with Crippen LogP contribution in [-0.2, 0) is 6.42 Å². The summed E-state index contributed by atoms with van der Waals surface area (Å²) in [7, 11) is 0. The number of carbonyl (C=O) groups is 1. The second kappa shape index (κ2) is 5.09. The normalized spacial score (nSPS) is 17.3. The van der Waals surface area contributed by atoms with Crippen LogP contribution in [0.2, 0.25) is 0 Å². The first-order valence-corrected chi connectivity index (χ1v) is 6.58. The Morgan fingerprint density at radius 2 is 2.12 bits per heavy atom. The third-order valence-electron chi connectivity index (χ3n) is 3.19. The van der Waals surface area contributed by atoms with Gasteiger partial charge in [0.25, 0.3) is 5.91 Å². The fraction of sp³-hybridized carbons (Fsp3) is 0.500. The van der Waals surface area contributed by atoms with Gasteiger partial charge in [0.05, 0.1) is 5.38 Å². The molecule has 1 aliphatic rings. The van der Waals surface area contributed by atoms with Gasteiger partial charge in [0.1, 0.15) is 0 Å². The van der Waals surface area contributed by atoms with Crippen molar-refractivity contribution in [2.45, 2.75) is 32.1 Å². The van der Waals surface area contributed by atoms with Gasteiger partial charge in [-0.25, -0.2) is 0 Å². The molecule has 0 bridgehead atoms. The van der Waals surface area contributed by atoms with E-state index in [1.54, 1.807) is 0 Å². The molecule has 0 aliphatic carbocycles. The van der Waals surface area contributed by atoms with E-state index in [1.165, 1.54) is 0 Å². The standard InChI is InChI=1S/C14H18ClNO/c1-9(2)13(15)11-6-5-10-4-3-7-16-14(17)12(10)8-11/h5-6,8-9,13H,3-4,7H2,1-2H3,(H,16,17). The maximum absolute atomic E-state index is 11.9. The molecule has 2 rings (SSSR count). The number of halogens is 1. The van der Waals surface area contributed by atoms with Crippen LogP contribution >= 0.6 is 11.6 Å². The largest absolute Gasteiger partial charge is 0.352 e. The van der Waals surface area contributed by atoms with Crippen LogP contribution in [-0.4, -0.2) is 12.5 Å². The van der Waals surface area contributed by atoms with E-state index in [0.29, 0.717) is 5.92 Å². The quantitative estimate of drug-likeness (QED) is 0.803. The van der Waals surface area contributed by atoms with Crippen molar-refractivity contribution in [3.05, 3.63) is 34.9 Å². The van der Waals surface area contributed by atoms with Crippen molar-refractivity contribution in [1.82, 2.24) is 5.32 Å². The van der Waals surface area contributed by atoms with E-state index in [-0.39, 0.29) is 11.3 Å². The lowest BCUT2D eigenvalue weighted by Gasteiger charge is -2.15. The molecule has 1 N–H and O–H groups in total. The number of rotatable bonds is 2. The fourth-order valence-electron chi connectivity index (χ4n) is 2.16. The molecule has 1 aliphatic heterocycles. The van der Waals surface area contributed by atoms with Crippen LogP contribution in [0.5, 0.6) is 0 Å². The molecular formula is C14H18ClNO. The van der Waals surface area contributed by atoms with Gasteiger partial charge in [0.2, 0.25) is 0 Å². The lowest BCUT2D eigenvalue weighted by Crippen LogP contribution is -2.22. The van der Waals surface area contributed by atoms with Gasteiger partial charge < -0.3 is 5.32 Å². The summed E-state index contributed by atoms with van der Waals surface area (Å²) in [4.78, 5) is 11.9. The Labute approximate surface area is 107 Å². The fourth-order valence-corrected chi connectivity index (χ4v) is 2.29. The number of alkyl halides is 1. The predicted molar refractivity (Wildman–Crippen MR) is 70.5 cm³/mol. The lowest BCUT2D eigenvalue weighted by molar-refractivity contribution is 0.0956. The highest BCUT2D eigenvalue weighted by Gasteiger charge is 2.19. The van der Waals surface area contributed by atoms with Crippen molar-refractivity contribution >= 4 is 17.5 Å². The SMILES string of the molecule is CC(C)C(Cl)c1ccc2c(c1)C(=O)NCCC2. The van der Waals surface area contributed by atoms with Crippen molar-refractivity contribution in [2.75, 3.05) is 6.54 Å². The Kier molecular flexibility index (Phi) is 3.72. The summed E-state index contributed by atoms with van der Waals surface area (Å²) in [6, 6.07) is 6.05. The summed E-state index contributed by atoms with van der Waals surface area (Å²) < 4.78 is 0. The highest BCUT2D eigenvalue weighted by Crippen LogP contribution is 2.30. The van der Waals surface area contributed by atoms with Gasteiger partial charge in [0.15, 0.2) is 0 Å². The molecule has 3 heteroatoms. The minimum atomic E-state index is -0.0312. The summed E-state index contributed by atoms with van der Waals surface area (Å²) in [5, 5.41) is 2.88. The molecule has 1 aromatic rings. The Morgan fingerprint density at radius 3 is 2.82 bits per heavy atom. The molecule has 0 fully saturated rings. The van der Waals surface area contributed by atoms with Gasteiger partial charge in [-0.2, -0.15) is 0 Å². The maximum atomic E-state index is 11.9. The summed E-state index contributed by atoms with van der Waals surface area (Å²) in [6.07, 6.45) is 1.97. The van der Waals surface area contributed by atoms with E-state index in [2.05, 4.69) is 25.2 Å². The van der Waals surface area contributed by atoms with E-state index in [0.717, 1.165) is 36.1 Å². The second-order valence-electron chi connectivity index (χ2n) is 4.92. The minimum absolute atomic E-state index is 0.0312. The average molecular weight is 252 g/mol. The molecule has 1 amide bonds. The molecule has 0 saturated heterocycles. The Balaban J connectivity index is 2.38. The van der Waals surface area contributed by atoms with E-state index in [9.17, 15) is 4.79 Å². The molecule has 1 heterocycles. The number of hydrogen-bond donors (Lipinski definition) is 1. The molecule has 92 valence electrons. The minimum Gasteiger partial charge on any atom is -0.352 e. The third-order valence-corrected chi connectivity index (χ3v) is 3.95. The molecule has 0 aromatic heterocycles. The van der Waals surface area contributed by atoms with E-state index in [1.807, 2.05) is 12.1 Å². The van der Waals surface area contributed by atoms with Gasteiger partial charge in [-0.3, -0.25) is 4.79 Å². The summed E-state index contributed by atoms with van der Waals surface area (Å²) in [5.41, 5.74) is 2.97. The van der Waals surface area contributed by atoms with Crippen LogP contribution in [0.3, 0.4) is 0 Å². The van der Waals surface area contributed by atoms with Crippen LogP contribution in [0, 0.1) is 5.92 Å². The van der Waals surface area contributed by atoms with Crippen LogP contribution in [0.15, 0.2) is 18.2 Å². The first kappa shape index (κ1) is 12.4. The van der Waals surface area contributed by atoms with Crippen LogP contribution < -0.4 is 5.32 Å². The zero-order valence-electron chi connectivity index (χ0n) is 10.3. The van der Waals surface area contributed by atoms with Gasteiger partial charge in [-0.05, 0) is 36.0 Å². The number of fused-ring (bicyclic) bond motifs is 1. The molecular weight excluding hydrogens is 234 g/mol. The number of nitrogens with one attached hydrogen (secondary N) is 1. The Morgan fingerprint density at radius 1 is 1.35 bits per heavy atom. The Hall–Kier alpha value is -1.02. The molecule has 0 spiro atoms.